The van der Waals surface area contributed by atoms with Crippen LogP contribution in [-0.2, 0) is 11.3 Å². The van der Waals surface area contributed by atoms with E-state index in [4.69, 9.17) is 17.2 Å². The summed E-state index contributed by atoms with van der Waals surface area (Å²) in [7, 11) is 0. The minimum absolute atomic E-state index is 0.218. The summed E-state index contributed by atoms with van der Waals surface area (Å²) < 4.78 is 15.1. The van der Waals surface area contributed by atoms with Crippen LogP contribution in [0.15, 0.2) is 58.4 Å². The van der Waals surface area contributed by atoms with Gasteiger partial charge in [-0.25, -0.2) is 9.37 Å². The summed E-state index contributed by atoms with van der Waals surface area (Å²) in [6.07, 6.45) is 6.54. The van der Waals surface area contributed by atoms with Crippen LogP contribution >= 0.6 is 24.0 Å². The van der Waals surface area contributed by atoms with E-state index in [0.29, 0.717) is 26.3 Å². The van der Waals surface area contributed by atoms with Crippen molar-refractivity contribution in [1.82, 2.24) is 14.3 Å². The average molecular weight is 481 g/mol. The van der Waals surface area contributed by atoms with Crippen LogP contribution in [-0.4, -0.2) is 37.6 Å². The van der Waals surface area contributed by atoms with Crippen molar-refractivity contribution in [3.63, 3.8) is 0 Å². The Kier molecular flexibility index (Phi) is 5.99. The van der Waals surface area contributed by atoms with Crippen LogP contribution in [0.25, 0.3) is 11.7 Å². The number of aromatic nitrogens is 2. The number of hydrogen-bond donors (Lipinski definition) is 0. The lowest BCUT2D eigenvalue weighted by Gasteiger charge is -2.29. The zero-order valence-corrected chi connectivity index (χ0v) is 19.4. The zero-order chi connectivity index (χ0) is 22.9. The number of benzene rings is 1. The topological polar surface area (TPSA) is 57.9 Å². The molecule has 9 heteroatoms. The highest BCUT2D eigenvalue weighted by Crippen LogP contribution is 2.34. The molecule has 2 fully saturated rings. The van der Waals surface area contributed by atoms with Gasteiger partial charge in [0.05, 0.1) is 17.0 Å². The molecule has 3 aromatic rings. The van der Waals surface area contributed by atoms with Gasteiger partial charge >= 0.3 is 0 Å². The van der Waals surface area contributed by atoms with Crippen LogP contribution in [0.5, 0.6) is 0 Å². The van der Waals surface area contributed by atoms with Gasteiger partial charge in [-0.05, 0) is 55.2 Å². The standard InChI is InChI=1S/C24H21FN4O2S2/c25-17-9-7-16(8-10-17)15-29-23(31)19(33-24(29)32)14-18-21(27-11-3-1-4-12-27)26-20-6-2-5-13-28(20)22(18)30/h2,5-10,13-14H,1,3-4,11-12,15H2/b19-14+. The van der Waals surface area contributed by atoms with Gasteiger partial charge in [-0.3, -0.25) is 18.9 Å². The molecule has 0 spiro atoms. The molecular formula is C24H21FN4O2S2. The van der Waals surface area contributed by atoms with E-state index in [9.17, 15) is 14.0 Å². The highest BCUT2D eigenvalue weighted by atomic mass is 32.2. The Bertz CT molecular complexity index is 1330. The van der Waals surface area contributed by atoms with Gasteiger partial charge in [0, 0.05) is 19.3 Å². The number of halogens is 1. The normalized spacial score (nSPS) is 18.0. The summed E-state index contributed by atoms with van der Waals surface area (Å²) in [4.78, 5) is 35.4. The second-order valence-electron chi connectivity index (χ2n) is 8.03. The number of hydrogen-bond acceptors (Lipinski definition) is 6. The van der Waals surface area contributed by atoms with Gasteiger partial charge in [0.2, 0.25) is 0 Å². The van der Waals surface area contributed by atoms with Crippen molar-refractivity contribution >= 4 is 51.7 Å². The van der Waals surface area contributed by atoms with Gasteiger partial charge in [0.15, 0.2) is 0 Å². The second kappa shape index (κ2) is 9.07. The Hall–Kier alpha value is -3.04. The summed E-state index contributed by atoms with van der Waals surface area (Å²) >= 11 is 6.62. The van der Waals surface area contributed by atoms with Crippen LogP contribution in [0.1, 0.15) is 30.4 Å². The van der Waals surface area contributed by atoms with E-state index < -0.39 is 0 Å². The van der Waals surface area contributed by atoms with E-state index in [1.165, 1.54) is 33.2 Å². The third-order valence-electron chi connectivity index (χ3n) is 5.81. The fourth-order valence-electron chi connectivity index (χ4n) is 4.10. The Balaban J connectivity index is 1.54. The molecule has 6 nitrogen and oxygen atoms in total. The third-order valence-corrected chi connectivity index (χ3v) is 7.19. The number of thiocarbonyl (C=S) groups is 1. The maximum absolute atomic E-state index is 13.4. The highest BCUT2D eigenvalue weighted by molar-refractivity contribution is 8.26. The quantitative estimate of drug-likeness (QED) is 0.412. The average Bonchev–Trinajstić information content (AvgIpc) is 3.10. The van der Waals surface area contributed by atoms with Crippen LogP contribution in [0.4, 0.5) is 10.2 Å². The molecule has 0 bridgehead atoms. The van der Waals surface area contributed by atoms with Gasteiger partial charge in [-0.15, -0.1) is 0 Å². The second-order valence-corrected chi connectivity index (χ2v) is 9.70. The van der Waals surface area contributed by atoms with E-state index in [-0.39, 0.29) is 23.8 Å². The van der Waals surface area contributed by atoms with Crippen molar-refractivity contribution in [3.05, 3.63) is 80.9 Å². The number of pyridine rings is 1. The molecule has 1 amide bonds. The fourth-order valence-corrected chi connectivity index (χ4v) is 5.34. The van der Waals surface area contributed by atoms with Crippen molar-refractivity contribution in [1.29, 1.82) is 0 Å². The molecule has 0 saturated carbocycles. The number of anilines is 1. The third kappa shape index (κ3) is 4.30. The number of carbonyl (C=O) groups excluding carboxylic acids is 1. The number of thioether (sulfide) groups is 1. The van der Waals surface area contributed by atoms with Gasteiger partial charge in [0.1, 0.15) is 21.6 Å². The highest BCUT2D eigenvalue weighted by Gasteiger charge is 2.33. The van der Waals surface area contributed by atoms with Gasteiger partial charge in [0.25, 0.3) is 11.5 Å². The summed E-state index contributed by atoms with van der Waals surface area (Å²) in [6, 6.07) is 11.4. The fraction of sp³-hybridized carbons (Fsp3) is 0.250. The van der Waals surface area contributed by atoms with Crippen molar-refractivity contribution in [2.24, 2.45) is 0 Å². The lowest BCUT2D eigenvalue weighted by atomic mass is 10.1. The molecule has 0 atom stereocenters. The minimum Gasteiger partial charge on any atom is -0.356 e. The number of amides is 1. The monoisotopic (exact) mass is 480 g/mol. The molecule has 4 heterocycles. The Labute approximate surface area is 199 Å². The molecule has 2 aromatic heterocycles. The molecule has 0 aliphatic carbocycles. The summed E-state index contributed by atoms with van der Waals surface area (Å²) in [5.41, 5.74) is 1.52. The number of piperidine rings is 1. The number of nitrogens with zero attached hydrogens (tertiary/aromatic N) is 4. The zero-order valence-electron chi connectivity index (χ0n) is 17.7. The first-order valence-corrected chi connectivity index (χ1v) is 12.0. The molecule has 1 aromatic carbocycles. The van der Waals surface area contributed by atoms with Crippen molar-refractivity contribution in [3.8, 4) is 0 Å². The first kappa shape index (κ1) is 21.8. The molecule has 2 saturated heterocycles. The first-order valence-electron chi connectivity index (χ1n) is 10.8. The van der Waals surface area contributed by atoms with Gasteiger partial charge in [-0.1, -0.05) is 42.2 Å². The molecule has 5 rings (SSSR count). The number of rotatable bonds is 4. The van der Waals surface area contributed by atoms with Crippen molar-refractivity contribution in [2.75, 3.05) is 18.0 Å². The van der Waals surface area contributed by atoms with Gasteiger partial charge < -0.3 is 4.90 Å². The Morgan fingerprint density at radius 3 is 2.58 bits per heavy atom. The smallest absolute Gasteiger partial charge is 0.267 e. The summed E-state index contributed by atoms with van der Waals surface area (Å²) in [5.74, 6) is 0.00439. The predicted octanol–water partition coefficient (Wildman–Crippen LogP) is 4.23. The first-order chi connectivity index (χ1) is 16.0. The predicted molar refractivity (Wildman–Crippen MR) is 133 cm³/mol. The Morgan fingerprint density at radius 2 is 1.82 bits per heavy atom. The Morgan fingerprint density at radius 1 is 1.06 bits per heavy atom. The lowest BCUT2D eigenvalue weighted by Crippen LogP contribution is -2.33. The SMILES string of the molecule is O=C1/C(=C\c2c(N3CCCCC3)nc3ccccn3c2=O)SC(=S)N1Cc1ccc(F)cc1. The maximum atomic E-state index is 13.4. The molecular weight excluding hydrogens is 459 g/mol. The molecule has 0 radical (unpaired) electrons. The van der Waals surface area contributed by atoms with Gasteiger partial charge in [-0.2, -0.15) is 0 Å². The molecule has 33 heavy (non-hydrogen) atoms. The number of fused-ring (bicyclic) bond motifs is 1. The molecule has 168 valence electrons. The van der Waals surface area contributed by atoms with E-state index in [1.54, 1.807) is 36.5 Å². The van der Waals surface area contributed by atoms with Crippen LogP contribution in [0.3, 0.4) is 0 Å². The summed E-state index contributed by atoms with van der Waals surface area (Å²) in [5, 5.41) is 0. The lowest BCUT2D eigenvalue weighted by molar-refractivity contribution is -0.122. The van der Waals surface area contributed by atoms with Crippen LogP contribution < -0.4 is 10.5 Å². The van der Waals surface area contributed by atoms with Crippen molar-refractivity contribution in [2.45, 2.75) is 25.8 Å². The van der Waals surface area contributed by atoms with E-state index >= 15 is 0 Å². The van der Waals surface area contributed by atoms with E-state index in [1.807, 2.05) is 6.07 Å². The minimum atomic E-state index is -0.335. The maximum Gasteiger partial charge on any atom is 0.267 e. The molecule has 2 aliphatic heterocycles. The van der Waals surface area contributed by atoms with E-state index in [2.05, 4.69) is 4.90 Å². The van der Waals surface area contributed by atoms with Crippen molar-refractivity contribution < 1.29 is 9.18 Å². The van der Waals surface area contributed by atoms with E-state index in [0.717, 1.165) is 37.9 Å². The number of carbonyl (C=O) groups is 1. The summed E-state index contributed by atoms with van der Waals surface area (Å²) in [6.45, 7) is 1.89. The van der Waals surface area contributed by atoms with Crippen LogP contribution in [0, 0.1) is 5.82 Å². The molecule has 0 unspecified atom stereocenters. The molecule has 0 N–H and O–H groups in total. The molecule has 2 aliphatic rings. The largest absolute Gasteiger partial charge is 0.356 e. The van der Waals surface area contributed by atoms with Crippen LogP contribution in [0.2, 0.25) is 0 Å².